The second-order valence-electron chi connectivity index (χ2n) is 8.17. The Morgan fingerprint density at radius 1 is 1.07 bits per heavy atom. The summed E-state index contributed by atoms with van der Waals surface area (Å²) in [5.41, 5.74) is 7.29. The molecule has 0 fully saturated rings. The van der Waals surface area contributed by atoms with E-state index in [0.717, 1.165) is 29.7 Å². The number of aryl methyl sites for hydroxylation is 2. The van der Waals surface area contributed by atoms with Crippen LogP contribution in [0, 0.1) is 19.8 Å². The zero-order chi connectivity index (χ0) is 20.5. The number of fused-ring (bicyclic) bond motifs is 1. The molecule has 1 aromatic heterocycles. The number of carbonyl (C=O) groups excluding carboxylic acids is 2. The Morgan fingerprint density at radius 2 is 1.83 bits per heavy atom. The van der Waals surface area contributed by atoms with Crippen molar-refractivity contribution in [1.82, 2.24) is 0 Å². The second-order valence-corrected chi connectivity index (χ2v) is 8.17. The standard InChI is InChI=1S/C26H26NO2.BrH/c1-17-8-9-24-22(12-17)14-23(26(24)29)13-20-10-11-27(16-25(20)19(3)28)15-21-7-5-4-6-18(21)2;/h4-12,16,23H,13-15H2,1-3H3;1H/q+1;/p-1. The van der Waals surface area contributed by atoms with Crippen LogP contribution in [-0.2, 0) is 19.4 Å². The summed E-state index contributed by atoms with van der Waals surface area (Å²) in [6, 6.07) is 16.3. The van der Waals surface area contributed by atoms with Crippen LogP contribution in [-0.4, -0.2) is 11.6 Å². The third kappa shape index (κ3) is 4.44. The smallest absolute Gasteiger partial charge is 0.180 e. The van der Waals surface area contributed by atoms with Crippen molar-refractivity contribution in [2.24, 2.45) is 5.92 Å². The Balaban J connectivity index is 0.00000256. The highest BCUT2D eigenvalue weighted by Crippen LogP contribution is 2.30. The van der Waals surface area contributed by atoms with Crippen LogP contribution >= 0.6 is 0 Å². The molecule has 2 aromatic carbocycles. The van der Waals surface area contributed by atoms with Crippen molar-refractivity contribution < 1.29 is 31.1 Å². The average molecular weight is 464 g/mol. The third-order valence-corrected chi connectivity index (χ3v) is 5.93. The molecule has 0 saturated heterocycles. The van der Waals surface area contributed by atoms with Crippen LogP contribution < -0.4 is 21.5 Å². The molecule has 4 rings (SSSR count). The van der Waals surface area contributed by atoms with Gasteiger partial charge in [-0.3, -0.25) is 9.59 Å². The molecule has 1 atom stereocenters. The molecule has 1 unspecified atom stereocenters. The molecule has 0 saturated carbocycles. The number of aromatic nitrogens is 1. The Hall–Kier alpha value is -2.59. The van der Waals surface area contributed by atoms with Crippen LogP contribution in [0.15, 0.2) is 60.9 Å². The van der Waals surface area contributed by atoms with Gasteiger partial charge in [0.05, 0.1) is 5.56 Å². The molecule has 0 aliphatic heterocycles. The Labute approximate surface area is 188 Å². The number of carbonyl (C=O) groups is 2. The molecule has 0 spiro atoms. The fourth-order valence-electron chi connectivity index (χ4n) is 4.28. The van der Waals surface area contributed by atoms with Crippen LogP contribution in [0.3, 0.4) is 0 Å². The number of nitrogens with zero attached hydrogens (tertiary/aromatic N) is 1. The molecule has 30 heavy (non-hydrogen) atoms. The molecule has 4 heteroatoms. The summed E-state index contributed by atoms with van der Waals surface area (Å²) in [6.45, 7) is 6.48. The van der Waals surface area contributed by atoms with Crippen molar-refractivity contribution in [1.29, 1.82) is 0 Å². The van der Waals surface area contributed by atoms with Crippen molar-refractivity contribution in [2.75, 3.05) is 0 Å². The van der Waals surface area contributed by atoms with Crippen LogP contribution in [0.4, 0.5) is 0 Å². The molecule has 1 heterocycles. The highest BCUT2D eigenvalue weighted by atomic mass is 79.9. The molecule has 1 aliphatic rings. The van der Waals surface area contributed by atoms with Crippen molar-refractivity contribution in [3.63, 3.8) is 0 Å². The summed E-state index contributed by atoms with van der Waals surface area (Å²) in [6.07, 6.45) is 5.31. The number of rotatable bonds is 5. The number of hydrogen-bond donors (Lipinski definition) is 0. The molecule has 3 nitrogen and oxygen atoms in total. The van der Waals surface area contributed by atoms with E-state index in [2.05, 4.69) is 36.6 Å². The van der Waals surface area contributed by atoms with E-state index in [9.17, 15) is 9.59 Å². The molecule has 0 radical (unpaired) electrons. The summed E-state index contributed by atoms with van der Waals surface area (Å²) in [7, 11) is 0. The van der Waals surface area contributed by atoms with E-state index >= 15 is 0 Å². The molecule has 3 aromatic rings. The molecule has 0 N–H and O–H groups in total. The number of benzene rings is 2. The van der Waals surface area contributed by atoms with Gasteiger partial charge in [0.2, 0.25) is 0 Å². The van der Waals surface area contributed by atoms with E-state index in [1.165, 1.54) is 16.7 Å². The maximum atomic E-state index is 12.8. The number of ketones is 2. The first-order chi connectivity index (χ1) is 13.9. The average Bonchev–Trinajstić information content (AvgIpc) is 2.99. The number of halogens is 1. The number of Topliss-reactive ketones (excluding diaryl/α,β-unsaturated/α-hetero) is 2. The minimum Gasteiger partial charge on any atom is -1.00 e. The lowest BCUT2D eigenvalue weighted by molar-refractivity contribution is -0.688. The number of hydrogen-bond acceptors (Lipinski definition) is 2. The van der Waals surface area contributed by atoms with E-state index < -0.39 is 0 Å². The van der Waals surface area contributed by atoms with Crippen molar-refractivity contribution in [2.45, 2.75) is 40.2 Å². The summed E-state index contributed by atoms with van der Waals surface area (Å²) < 4.78 is 2.05. The molecule has 154 valence electrons. The van der Waals surface area contributed by atoms with E-state index in [4.69, 9.17) is 0 Å². The summed E-state index contributed by atoms with van der Waals surface area (Å²) in [5, 5.41) is 0. The van der Waals surface area contributed by atoms with Gasteiger partial charge in [0.15, 0.2) is 30.5 Å². The molecular weight excluding hydrogens is 438 g/mol. The van der Waals surface area contributed by atoms with E-state index in [0.29, 0.717) is 12.0 Å². The summed E-state index contributed by atoms with van der Waals surface area (Å²) in [5.74, 6) is 0.154. The van der Waals surface area contributed by atoms with Gasteiger partial charge in [-0.1, -0.05) is 48.0 Å². The maximum absolute atomic E-state index is 12.8. The SMILES string of the molecule is CC(=O)c1c[n+](Cc2ccccc2C)ccc1CC1Cc2cc(C)ccc2C1=O.[Br-]. The van der Waals surface area contributed by atoms with Gasteiger partial charge in [0, 0.05) is 23.1 Å². The largest absolute Gasteiger partial charge is 1.00 e. The Morgan fingerprint density at radius 3 is 2.57 bits per heavy atom. The van der Waals surface area contributed by atoms with Gasteiger partial charge in [0.25, 0.3) is 0 Å². The van der Waals surface area contributed by atoms with Gasteiger partial charge in [-0.25, -0.2) is 4.57 Å². The van der Waals surface area contributed by atoms with E-state index in [-0.39, 0.29) is 34.5 Å². The van der Waals surface area contributed by atoms with Crippen molar-refractivity contribution in [3.8, 4) is 0 Å². The molecule has 0 amide bonds. The van der Waals surface area contributed by atoms with Gasteiger partial charge >= 0.3 is 0 Å². The van der Waals surface area contributed by atoms with Gasteiger partial charge in [0.1, 0.15) is 0 Å². The first-order valence-electron chi connectivity index (χ1n) is 10.1. The van der Waals surface area contributed by atoms with Gasteiger partial charge in [-0.05, 0) is 50.3 Å². The van der Waals surface area contributed by atoms with E-state index in [1.807, 2.05) is 42.7 Å². The second kappa shape index (κ2) is 9.05. The van der Waals surface area contributed by atoms with Crippen LogP contribution in [0.5, 0.6) is 0 Å². The predicted molar refractivity (Wildman–Crippen MR) is 113 cm³/mol. The van der Waals surface area contributed by atoms with Crippen molar-refractivity contribution in [3.05, 3.63) is 99.9 Å². The quantitative estimate of drug-likeness (QED) is 0.424. The zero-order valence-electron chi connectivity index (χ0n) is 17.6. The van der Waals surface area contributed by atoms with Gasteiger partial charge in [-0.2, -0.15) is 0 Å². The van der Waals surface area contributed by atoms with Gasteiger partial charge < -0.3 is 17.0 Å². The first kappa shape index (κ1) is 22.1. The first-order valence-corrected chi connectivity index (χ1v) is 10.1. The topological polar surface area (TPSA) is 38.0 Å². The molecule has 1 aliphatic carbocycles. The van der Waals surface area contributed by atoms with Crippen LogP contribution in [0.25, 0.3) is 0 Å². The zero-order valence-corrected chi connectivity index (χ0v) is 19.2. The molecular formula is C26H26BrNO2. The predicted octanol–water partition coefficient (Wildman–Crippen LogP) is 1.44. The summed E-state index contributed by atoms with van der Waals surface area (Å²) >= 11 is 0. The molecule has 0 bridgehead atoms. The highest BCUT2D eigenvalue weighted by Gasteiger charge is 2.31. The highest BCUT2D eigenvalue weighted by molar-refractivity contribution is 6.02. The third-order valence-electron chi connectivity index (χ3n) is 5.93. The lowest BCUT2D eigenvalue weighted by Crippen LogP contribution is -3.00. The minimum absolute atomic E-state index is 0. The van der Waals surface area contributed by atoms with Crippen LogP contribution in [0.1, 0.15) is 55.5 Å². The Bertz CT molecular complexity index is 1120. The Kier molecular flexibility index (Phi) is 6.67. The van der Waals surface area contributed by atoms with Crippen molar-refractivity contribution >= 4 is 11.6 Å². The van der Waals surface area contributed by atoms with Crippen LogP contribution in [0.2, 0.25) is 0 Å². The lowest BCUT2D eigenvalue weighted by atomic mass is 9.92. The maximum Gasteiger partial charge on any atom is 0.180 e. The van der Waals surface area contributed by atoms with Gasteiger partial charge in [-0.15, -0.1) is 0 Å². The fourth-order valence-corrected chi connectivity index (χ4v) is 4.28. The minimum atomic E-state index is -0.0860. The normalized spacial score (nSPS) is 14.9. The summed E-state index contributed by atoms with van der Waals surface area (Å²) in [4.78, 5) is 25.2. The fraction of sp³-hybridized carbons (Fsp3) is 0.269. The lowest BCUT2D eigenvalue weighted by Gasteiger charge is -2.11. The number of pyridine rings is 1. The van der Waals surface area contributed by atoms with E-state index in [1.54, 1.807) is 6.92 Å². The monoisotopic (exact) mass is 463 g/mol.